The molecule has 1 amide bonds. The monoisotopic (exact) mass is 268 g/mol. The fourth-order valence-corrected chi connectivity index (χ4v) is 2.33. The van der Waals surface area contributed by atoms with Crippen LogP contribution < -0.4 is 5.32 Å². The van der Waals surface area contributed by atoms with Crippen LogP contribution in [-0.4, -0.2) is 35.5 Å². The molecule has 1 aliphatic rings. The molecule has 4 nitrogen and oxygen atoms in total. The smallest absolute Gasteiger partial charge is 0.222 e. The van der Waals surface area contributed by atoms with E-state index in [0.717, 1.165) is 12.0 Å². The van der Waals surface area contributed by atoms with Crippen molar-refractivity contribution in [2.75, 3.05) is 13.6 Å². The van der Waals surface area contributed by atoms with Crippen LogP contribution in [0.25, 0.3) is 0 Å². The lowest BCUT2D eigenvalue weighted by molar-refractivity contribution is -0.132. The second-order valence-electron chi connectivity index (χ2n) is 4.64. The van der Waals surface area contributed by atoms with Crippen molar-refractivity contribution in [2.45, 2.75) is 25.4 Å². The lowest BCUT2D eigenvalue weighted by Gasteiger charge is -2.30. The Labute approximate surface area is 112 Å². The maximum atomic E-state index is 11.4. The second kappa shape index (κ2) is 5.59. The summed E-state index contributed by atoms with van der Waals surface area (Å²) in [4.78, 5) is 13.1. The first-order valence-electron chi connectivity index (χ1n) is 6.01. The van der Waals surface area contributed by atoms with Crippen LogP contribution in [0.2, 0.25) is 5.02 Å². The summed E-state index contributed by atoms with van der Waals surface area (Å²) < 4.78 is 0. The number of likely N-dealkylation sites (tertiary alicyclic amines) is 1. The van der Waals surface area contributed by atoms with Gasteiger partial charge in [0.2, 0.25) is 5.91 Å². The SMILES string of the molecule is CN1CC(NCc2cccc(Cl)c2O)CCC1=O. The van der Waals surface area contributed by atoms with Crippen molar-refractivity contribution in [3.63, 3.8) is 0 Å². The molecule has 1 heterocycles. The van der Waals surface area contributed by atoms with Gasteiger partial charge in [0.1, 0.15) is 5.75 Å². The molecule has 98 valence electrons. The summed E-state index contributed by atoms with van der Waals surface area (Å²) in [7, 11) is 1.81. The van der Waals surface area contributed by atoms with Gasteiger partial charge in [0.05, 0.1) is 5.02 Å². The number of hydrogen-bond acceptors (Lipinski definition) is 3. The third kappa shape index (κ3) is 2.94. The summed E-state index contributed by atoms with van der Waals surface area (Å²) >= 11 is 5.85. The van der Waals surface area contributed by atoms with Crippen LogP contribution in [-0.2, 0) is 11.3 Å². The minimum Gasteiger partial charge on any atom is -0.506 e. The van der Waals surface area contributed by atoms with Gasteiger partial charge < -0.3 is 15.3 Å². The van der Waals surface area contributed by atoms with E-state index < -0.39 is 0 Å². The van der Waals surface area contributed by atoms with E-state index in [1.54, 1.807) is 11.0 Å². The van der Waals surface area contributed by atoms with E-state index in [1.165, 1.54) is 0 Å². The number of nitrogens with zero attached hydrogens (tertiary/aromatic N) is 1. The Bertz CT molecular complexity index is 451. The number of likely N-dealkylation sites (N-methyl/N-ethyl adjacent to an activating group) is 1. The molecular weight excluding hydrogens is 252 g/mol. The number of phenols is 1. The number of para-hydroxylation sites is 1. The van der Waals surface area contributed by atoms with Crippen molar-refractivity contribution < 1.29 is 9.90 Å². The Morgan fingerprint density at radius 1 is 1.56 bits per heavy atom. The number of benzene rings is 1. The van der Waals surface area contributed by atoms with Crippen LogP contribution >= 0.6 is 11.6 Å². The Kier molecular flexibility index (Phi) is 4.09. The maximum absolute atomic E-state index is 11.4. The van der Waals surface area contributed by atoms with E-state index in [9.17, 15) is 9.90 Å². The van der Waals surface area contributed by atoms with Crippen molar-refractivity contribution in [1.29, 1.82) is 0 Å². The molecule has 1 aromatic rings. The van der Waals surface area contributed by atoms with Crippen molar-refractivity contribution in [2.24, 2.45) is 0 Å². The first-order valence-corrected chi connectivity index (χ1v) is 6.39. The average Bonchev–Trinajstić information content (AvgIpc) is 2.35. The third-order valence-corrected chi connectivity index (χ3v) is 3.58. The molecule has 0 aliphatic carbocycles. The largest absolute Gasteiger partial charge is 0.506 e. The highest BCUT2D eigenvalue weighted by Crippen LogP contribution is 2.26. The second-order valence-corrected chi connectivity index (χ2v) is 5.05. The van der Waals surface area contributed by atoms with Gasteiger partial charge in [-0.25, -0.2) is 0 Å². The van der Waals surface area contributed by atoms with Gasteiger partial charge in [-0.2, -0.15) is 0 Å². The maximum Gasteiger partial charge on any atom is 0.222 e. The predicted octanol–water partition coefficient (Wildman–Crippen LogP) is 1.76. The number of carbonyl (C=O) groups is 1. The van der Waals surface area contributed by atoms with Crippen LogP contribution in [0.3, 0.4) is 0 Å². The Morgan fingerprint density at radius 3 is 3.06 bits per heavy atom. The molecule has 2 N–H and O–H groups in total. The molecule has 5 heteroatoms. The van der Waals surface area contributed by atoms with Gasteiger partial charge in [0.15, 0.2) is 0 Å². The van der Waals surface area contributed by atoms with Gasteiger partial charge in [-0.15, -0.1) is 0 Å². The summed E-state index contributed by atoms with van der Waals surface area (Å²) in [5.74, 6) is 0.325. The molecule has 1 unspecified atom stereocenters. The number of halogens is 1. The van der Waals surface area contributed by atoms with E-state index in [1.807, 2.05) is 19.2 Å². The first kappa shape index (κ1) is 13.2. The zero-order valence-corrected chi connectivity index (χ0v) is 11.1. The summed E-state index contributed by atoms with van der Waals surface area (Å²) in [6.45, 7) is 1.26. The van der Waals surface area contributed by atoms with Crippen molar-refractivity contribution in [3.05, 3.63) is 28.8 Å². The minimum absolute atomic E-state index is 0.131. The highest BCUT2D eigenvalue weighted by molar-refractivity contribution is 6.32. The molecule has 1 fully saturated rings. The molecule has 0 bridgehead atoms. The zero-order chi connectivity index (χ0) is 13.1. The lowest BCUT2D eigenvalue weighted by Crippen LogP contribution is -2.46. The summed E-state index contributed by atoms with van der Waals surface area (Å²) in [5.41, 5.74) is 0.780. The fourth-order valence-electron chi connectivity index (χ4n) is 2.14. The van der Waals surface area contributed by atoms with E-state index >= 15 is 0 Å². The van der Waals surface area contributed by atoms with E-state index in [2.05, 4.69) is 5.32 Å². The predicted molar refractivity (Wildman–Crippen MR) is 70.6 cm³/mol. The van der Waals surface area contributed by atoms with E-state index in [-0.39, 0.29) is 17.7 Å². The van der Waals surface area contributed by atoms with Crippen molar-refractivity contribution in [1.82, 2.24) is 10.2 Å². The number of hydrogen-bond donors (Lipinski definition) is 2. The molecule has 0 aromatic heterocycles. The van der Waals surface area contributed by atoms with Gasteiger partial charge in [-0.05, 0) is 12.5 Å². The van der Waals surface area contributed by atoms with Crippen LogP contribution in [0.15, 0.2) is 18.2 Å². The van der Waals surface area contributed by atoms with E-state index in [0.29, 0.717) is 24.5 Å². The number of rotatable bonds is 3. The standard InChI is InChI=1S/C13H17ClN2O2/c1-16-8-10(5-6-12(16)17)15-7-9-3-2-4-11(14)13(9)18/h2-4,10,15,18H,5-8H2,1H3. The van der Waals surface area contributed by atoms with Crippen molar-refractivity contribution >= 4 is 17.5 Å². The molecule has 1 saturated heterocycles. The number of nitrogens with one attached hydrogen (secondary N) is 1. The molecule has 1 atom stereocenters. The molecule has 2 rings (SSSR count). The summed E-state index contributed by atoms with van der Waals surface area (Å²) in [6.07, 6.45) is 1.42. The topological polar surface area (TPSA) is 52.6 Å². The number of aromatic hydroxyl groups is 1. The number of carbonyl (C=O) groups excluding carboxylic acids is 1. The Hall–Kier alpha value is -1.26. The quantitative estimate of drug-likeness (QED) is 0.878. The highest BCUT2D eigenvalue weighted by atomic mass is 35.5. The molecule has 1 aromatic carbocycles. The summed E-state index contributed by atoms with van der Waals surface area (Å²) in [6, 6.07) is 5.58. The highest BCUT2D eigenvalue weighted by Gasteiger charge is 2.22. The van der Waals surface area contributed by atoms with Gasteiger partial charge in [-0.1, -0.05) is 23.7 Å². The fraction of sp³-hybridized carbons (Fsp3) is 0.462. The Balaban J connectivity index is 1.92. The number of amides is 1. The molecular formula is C13H17ClN2O2. The lowest BCUT2D eigenvalue weighted by atomic mass is 10.1. The average molecular weight is 269 g/mol. The number of piperidine rings is 1. The first-order chi connectivity index (χ1) is 8.58. The van der Waals surface area contributed by atoms with Gasteiger partial charge >= 0.3 is 0 Å². The van der Waals surface area contributed by atoms with Crippen LogP contribution in [0.1, 0.15) is 18.4 Å². The molecule has 18 heavy (non-hydrogen) atoms. The van der Waals surface area contributed by atoms with Crippen LogP contribution in [0.5, 0.6) is 5.75 Å². The van der Waals surface area contributed by atoms with Gasteiger partial charge in [0.25, 0.3) is 0 Å². The minimum atomic E-state index is 0.131. The van der Waals surface area contributed by atoms with Gasteiger partial charge in [0, 0.05) is 38.2 Å². The van der Waals surface area contributed by atoms with E-state index in [4.69, 9.17) is 11.6 Å². The molecule has 0 saturated carbocycles. The number of phenolic OH excluding ortho intramolecular Hbond substituents is 1. The van der Waals surface area contributed by atoms with Crippen molar-refractivity contribution in [3.8, 4) is 5.75 Å². The molecule has 0 spiro atoms. The normalized spacial score (nSPS) is 20.2. The van der Waals surface area contributed by atoms with Crippen LogP contribution in [0, 0.1) is 0 Å². The molecule has 1 aliphatic heterocycles. The Morgan fingerprint density at radius 2 is 2.33 bits per heavy atom. The summed E-state index contributed by atoms with van der Waals surface area (Å²) in [5, 5.41) is 13.5. The van der Waals surface area contributed by atoms with Crippen LogP contribution in [0.4, 0.5) is 0 Å². The third-order valence-electron chi connectivity index (χ3n) is 3.28. The molecule has 0 radical (unpaired) electrons. The zero-order valence-electron chi connectivity index (χ0n) is 10.3. The van der Waals surface area contributed by atoms with Gasteiger partial charge in [-0.3, -0.25) is 4.79 Å².